The molecule has 0 unspecified atom stereocenters. The van der Waals surface area contributed by atoms with Crippen LogP contribution in [0.15, 0.2) is 76.5 Å². The number of nitrogens with zero attached hydrogens (tertiary/aromatic N) is 2. The van der Waals surface area contributed by atoms with Crippen LogP contribution in [-0.4, -0.2) is 38.3 Å². The molecule has 6 nitrogen and oxygen atoms in total. The summed E-state index contributed by atoms with van der Waals surface area (Å²) in [5, 5.41) is 0. The first kappa shape index (κ1) is 42.6. The van der Waals surface area contributed by atoms with Gasteiger partial charge in [0.05, 0.1) is 0 Å². The van der Waals surface area contributed by atoms with Crippen LogP contribution in [0, 0.1) is 48.2 Å². The minimum atomic E-state index is -3.76. The van der Waals surface area contributed by atoms with E-state index >= 15 is 0 Å². The molecule has 1 aliphatic rings. The summed E-state index contributed by atoms with van der Waals surface area (Å²) in [5.41, 5.74) is 11.9. The van der Waals surface area contributed by atoms with Crippen molar-refractivity contribution in [3.05, 3.63) is 118 Å². The molecule has 4 aromatic carbocycles. The summed E-state index contributed by atoms with van der Waals surface area (Å²) in [6, 6.07) is 18.6. The van der Waals surface area contributed by atoms with Gasteiger partial charge in [0.25, 0.3) is 0 Å². The fourth-order valence-corrected chi connectivity index (χ4v) is 9.80. The Balaban J connectivity index is 0.000000244. The quantitative estimate of drug-likeness (QED) is 0.148. The molecule has 286 valence electrons. The van der Waals surface area contributed by atoms with Crippen LogP contribution >= 0.6 is 19.4 Å². The third-order valence-corrected chi connectivity index (χ3v) is 12.0. The molecule has 4 aromatic rings. The van der Waals surface area contributed by atoms with Crippen molar-refractivity contribution in [1.29, 1.82) is 0 Å². The average molecular weight is 865 g/mol. The van der Waals surface area contributed by atoms with E-state index in [1.54, 1.807) is 34.9 Å². The molecule has 1 fully saturated rings. The number of allylic oxidation sites excluding steroid dienone is 1. The number of halogens is 2. The van der Waals surface area contributed by atoms with E-state index in [0.29, 0.717) is 22.6 Å². The molecule has 0 aliphatic carbocycles. The zero-order valence-electron chi connectivity index (χ0n) is 32.6. The first-order valence-electron chi connectivity index (χ1n) is 17.7. The molecular weight excluding hydrogens is 813 g/mol. The van der Waals surface area contributed by atoms with Crippen molar-refractivity contribution in [3.8, 4) is 11.5 Å². The van der Waals surface area contributed by atoms with Gasteiger partial charge in [-0.2, -0.15) is 0 Å². The van der Waals surface area contributed by atoms with Crippen molar-refractivity contribution in [1.82, 2.24) is 0 Å². The minimum Gasteiger partial charge on any atom is -0.339 e. The van der Waals surface area contributed by atoms with Crippen LogP contribution in [0.4, 0.5) is 11.4 Å². The second kappa shape index (κ2) is 18.5. The molecule has 0 atom stereocenters. The molecule has 0 spiro atoms. The maximum atomic E-state index is 13.3. The second-order valence-corrected chi connectivity index (χ2v) is 21.6. The Morgan fingerprint density at radius 2 is 1.08 bits per heavy atom. The topological polar surface area (TPSA) is 59.1 Å². The third-order valence-electron chi connectivity index (χ3n) is 8.44. The molecule has 0 N–H and O–H groups in total. The Bertz CT molecular complexity index is 2000. The molecule has 1 heterocycles. The Kier molecular flexibility index (Phi) is 14.8. The Hall–Kier alpha value is -3.16. The van der Waals surface area contributed by atoms with E-state index in [-0.39, 0.29) is 22.0 Å². The van der Waals surface area contributed by atoms with Crippen molar-refractivity contribution in [2.45, 2.75) is 98.2 Å². The summed E-state index contributed by atoms with van der Waals surface area (Å²) in [6.07, 6.45) is 3.58. The predicted octanol–water partition coefficient (Wildman–Crippen LogP) is 11.1. The van der Waals surface area contributed by atoms with Crippen LogP contribution in [0.5, 0.6) is 11.5 Å². The Labute approximate surface area is 331 Å². The smallest absolute Gasteiger partial charge is 0.339 e. The van der Waals surface area contributed by atoms with E-state index in [1.165, 1.54) is 50.8 Å². The van der Waals surface area contributed by atoms with Crippen LogP contribution in [0.1, 0.15) is 79.1 Å². The van der Waals surface area contributed by atoms with Crippen molar-refractivity contribution in [3.63, 3.8) is 0 Å². The van der Waals surface area contributed by atoms with E-state index in [2.05, 4.69) is 82.3 Å². The first-order valence-corrected chi connectivity index (χ1v) is 24.7. The molecule has 0 aromatic heterocycles. The Morgan fingerprint density at radius 3 is 1.45 bits per heavy atom. The second-order valence-electron chi connectivity index (χ2n) is 13.9. The molecule has 0 saturated carbocycles. The van der Waals surface area contributed by atoms with Gasteiger partial charge >= 0.3 is 193 Å². The van der Waals surface area contributed by atoms with Crippen LogP contribution in [0.3, 0.4) is 0 Å². The summed E-state index contributed by atoms with van der Waals surface area (Å²) in [4.78, 5) is 4.89. The van der Waals surface area contributed by atoms with Crippen LogP contribution < -0.4 is 19.3 Å². The number of sulfone groups is 1. The first-order chi connectivity index (χ1) is 24.9. The van der Waals surface area contributed by atoms with E-state index < -0.39 is 23.4 Å². The molecule has 1 aliphatic heterocycles. The van der Waals surface area contributed by atoms with E-state index in [9.17, 15) is 8.42 Å². The van der Waals surface area contributed by atoms with Crippen molar-refractivity contribution in [2.24, 2.45) is 0 Å². The summed E-state index contributed by atoms with van der Waals surface area (Å²) in [7, 11) is 8.33. The maximum absolute atomic E-state index is 13.3. The van der Waals surface area contributed by atoms with Crippen LogP contribution in [0.25, 0.3) is 6.08 Å². The fraction of sp³-hybridized carbons (Fsp3) is 0.349. The fourth-order valence-electron chi connectivity index (χ4n) is 6.68. The normalized spacial score (nSPS) is 13.5. The monoisotopic (exact) mass is 864 g/mol. The number of hydrogen-bond donors (Lipinski definition) is 0. The number of anilines is 2. The van der Waals surface area contributed by atoms with Crippen LogP contribution in [0.2, 0.25) is 0 Å². The van der Waals surface area contributed by atoms with Gasteiger partial charge in [-0.25, -0.2) is 0 Å². The SMILES string of the molecule is C/C=C/c1cc(S(=O)(=O)c2ccc(OC(C)C)c([CH]=[Ru]([Cl])[Cl])c2)ccc1OC(C)C.Cc1cc(C)c(N2[C]N(c3c(C)cc(C)cc3C)CC2)c(C)c1. The molecule has 1 saturated heterocycles. The standard InChI is InChI=1S/C22H26O4S.C21H26N2.2ClH.Ru/c1-7-8-18-14-20(10-12-22(18)26-16(4)5)27(23,24)19-9-11-21(17(6)13-19)25-15(2)3;1-14-9-16(3)20(17(4)10-14)22-7-8-23(13-22)21-18(5)11-15(2)12-19(21)6;;;/h6-16H,1-5H3;9-12H,7-8H2,1-6H3;2*1H;/q;;;;+2/p-2/b8-7+;;;;. The molecule has 0 amide bonds. The van der Waals surface area contributed by atoms with Gasteiger partial charge < -0.3 is 9.80 Å². The summed E-state index contributed by atoms with van der Waals surface area (Å²) < 4.78 is 39.9. The average Bonchev–Trinajstić information content (AvgIpc) is 3.50. The van der Waals surface area contributed by atoms with Gasteiger partial charge in [0.1, 0.15) is 0 Å². The van der Waals surface area contributed by atoms with Gasteiger partial charge in [-0.15, -0.1) is 0 Å². The van der Waals surface area contributed by atoms with Crippen molar-refractivity contribution < 1.29 is 31.4 Å². The summed E-state index contributed by atoms with van der Waals surface area (Å²) >= 11 is -2.18. The van der Waals surface area contributed by atoms with Gasteiger partial charge in [0, 0.05) is 24.5 Å². The Morgan fingerprint density at radius 1 is 0.679 bits per heavy atom. The molecule has 2 radical (unpaired) electrons. The molecule has 53 heavy (non-hydrogen) atoms. The molecule has 10 heteroatoms. The summed E-state index contributed by atoms with van der Waals surface area (Å²) in [5.74, 6) is 1.19. The van der Waals surface area contributed by atoms with Gasteiger partial charge in [0.2, 0.25) is 6.67 Å². The third kappa shape index (κ3) is 11.0. The number of benzene rings is 4. The van der Waals surface area contributed by atoms with Crippen LogP contribution in [-0.2, 0) is 23.4 Å². The molecule has 5 rings (SSSR count). The zero-order valence-corrected chi connectivity index (χ0v) is 36.7. The number of rotatable bonds is 10. The van der Waals surface area contributed by atoms with Crippen molar-refractivity contribution >= 4 is 51.3 Å². The number of aryl methyl sites for hydroxylation is 6. The minimum absolute atomic E-state index is 0.0218. The van der Waals surface area contributed by atoms with Gasteiger partial charge in [-0.1, -0.05) is 35.4 Å². The van der Waals surface area contributed by atoms with Gasteiger partial charge in [-0.05, 0) is 63.8 Å². The van der Waals surface area contributed by atoms with E-state index in [4.69, 9.17) is 28.9 Å². The predicted molar refractivity (Wildman–Crippen MR) is 221 cm³/mol. The zero-order chi connectivity index (χ0) is 39.2. The van der Waals surface area contributed by atoms with E-state index in [0.717, 1.165) is 13.1 Å². The van der Waals surface area contributed by atoms with Crippen molar-refractivity contribution in [2.75, 3.05) is 22.9 Å². The van der Waals surface area contributed by atoms with Gasteiger partial charge in [-0.3, -0.25) is 0 Å². The number of ether oxygens (including phenoxy) is 2. The number of hydrogen-bond acceptors (Lipinski definition) is 6. The van der Waals surface area contributed by atoms with Gasteiger partial charge in [0.15, 0.2) is 0 Å². The van der Waals surface area contributed by atoms with E-state index in [1.807, 2.05) is 46.8 Å². The molecular formula is C43H52Cl2N2O4RuS. The molecule has 0 bridgehead atoms. The summed E-state index contributed by atoms with van der Waals surface area (Å²) in [6.45, 7) is 28.2.